The van der Waals surface area contributed by atoms with Crippen molar-refractivity contribution in [2.45, 2.75) is 0 Å². The standard InChI is InChI=1S/C8H5ClN2O2/c9-7-5(4-12)10-8(11-7)6-2-1-3-13-6/h1-4H,(H,10,11). The summed E-state index contributed by atoms with van der Waals surface area (Å²) in [5.74, 6) is 1.01. The van der Waals surface area contributed by atoms with Gasteiger partial charge in [0, 0.05) is 0 Å². The van der Waals surface area contributed by atoms with Gasteiger partial charge < -0.3 is 9.40 Å². The smallest absolute Gasteiger partial charge is 0.175 e. The van der Waals surface area contributed by atoms with Gasteiger partial charge in [0.05, 0.1) is 6.26 Å². The number of aldehydes is 1. The quantitative estimate of drug-likeness (QED) is 0.749. The number of imidazole rings is 1. The number of H-pyrrole nitrogens is 1. The molecule has 2 rings (SSSR count). The third-order valence-electron chi connectivity index (χ3n) is 1.55. The molecule has 2 aromatic rings. The van der Waals surface area contributed by atoms with E-state index >= 15 is 0 Å². The highest BCUT2D eigenvalue weighted by Crippen LogP contribution is 2.20. The van der Waals surface area contributed by atoms with Crippen LogP contribution >= 0.6 is 11.6 Å². The molecule has 0 fully saturated rings. The summed E-state index contributed by atoms with van der Waals surface area (Å²) < 4.78 is 5.06. The van der Waals surface area contributed by atoms with Gasteiger partial charge in [-0.15, -0.1) is 0 Å². The van der Waals surface area contributed by atoms with Crippen LogP contribution in [-0.2, 0) is 0 Å². The highest BCUT2D eigenvalue weighted by atomic mass is 35.5. The van der Waals surface area contributed by atoms with Gasteiger partial charge in [0.1, 0.15) is 10.8 Å². The van der Waals surface area contributed by atoms with Crippen LogP contribution in [0.2, 0.25) is 5.15 Å². The van der Waals surface area contributed by atoms with E-state index in [-0.39, 0.29) is 10.8 Å². The number of rotatable bonds is 2. The first-order valence-electron chi connectivity index (χ1n) is 3.56. The van der Waals surface area contributed by atoms with Gasteiger partial charge in [-0.3, -0.25) is 4.79 Å². The second-order valence-electron chi connectivity index (χ2n) is 2.38. The lowest BCUT2D eigenvalue weighted by Crippen LogP contribution is -1.79. The number of carbonyl (C=O) groups is 1. The fraction of sp³-hybridized carbons (Fsp3) is 0. The molecule has 2 heterocycles. The van der Waals surface area contributed by atoms with Crippen molar-refractivity contribution in [1.29, 1.82) is 0 Å². The van der Waals surface area contributed by atoms with Gasteiger partial charge in [-0.1, -0.05) is 11.6 Å². The zero-order chi connectivity index (χ0) is 9.26. The summed E-state index contributed by atoms with van der Waals surface area (Å²) in [4.78, 5) is 17.1. The Kier molecular flexibility index (Phi) is 1.90. The minimum Gasteiger partial charge on any atom is -0.461 e. The topological polar surface area (TPSA) is 58.9 Å². The number of hydrogen-bond acceptors (Lipinski definition) is 3. The third kappa shape index (κ3) is 1.36. The van der Waals surface area contributed by atoms with Gasteiger partial charge in [-0.05, 0) is 12.1 Å². The van der Waals surface area contributed by atoms with Crippen molar-refractivity contribution in [3.05, 3.63) is 29.2 Å². The molecule has 0 aromatic carbocycles. The predicted octanol–water partition coefficient (Wildman–Crippen LogP) is 2.14. The molecule has 0 aliphatic carbocycles. The van der Waals surface area contributed by atoms with Gasteiger partial charge in [0.15, 0.2) is 17.9 Å². The van der Waals surface area contributed by atoms with Crippen LogP contribution in [0.1, 0.15) is 10.5 Å². The van der Waals surface area contributed by atoms with Crippen LogP contribution in [0.15, 0.2) is 22.8 Å². The number of hydrogen-bond donors (Lipinski definition) is 1. The van der Waals surface area contributed by atoms with Gasteiger partial charge >= 0.3 is 0 Å². The maximum absolute atomic E-state index is 10.4. The van der Waals surface area contributed by atoms with E-state index in [2.05, 4.69) is 9.97 Å². The van der Waals surface area contributed by atoms with Crippen LogP contribution in [0.25, 0.3) is 11.6 Å². The monoisotopic (exact) mass is 196 g/mol. The zero-order valence-corrected chi connectivity index (χ0v) is 7.21. The average molecular weight is 197 g/mol. The normalized spacial score (nSPS) is 10.2. The summed E-state index contributed by atoms with van der Waals surface area (Å²) in [5, 5.41) is 0.224. The summed E-state index contributed by atoms with van der Waals surface area (Å²) in [6, 6.07) is 3.45. The Morgan fingerprint density at radius 3 is 3.00 bits per heavy atom. The molecule has 0 amide bonds. The van der Waals surface area contributed by atoms with E-state index in [1.54, 1.807) is 12.1 Å². The Labute approximate surface area is 78.5 Å². The Bertz CT molecular complexity index is 419. The van der Waals surface area contributed by atoms with Crippen molar-refractivity contribution < 1.29 is 9.21 Å². The lowest BCUT2D eigenvalue weighted by Gasteiger charge is -1.85. The first-order valence-corrected chi connectivity index (χ1v) is 3.93. The van der Waals surface area contributed by atoms with Crippen LogP contribution in [0.4, 0.5) is 0 Å². The van der Waals surface area contributed by atoms with E-state index in [4.69, 9.17) is 16.0 Å². The Morgan fingerprint density at radius 2 is 2.46 bits per heavy atom. The molecular formula is C8H5ClN2O2. The summed E-state index contributed by atoms with van der Waals surface area (Å²) >= 11 is 5.67. The van der Waals surface area contributed by atoms with Crippen molar-refractivity contribution >= 4 is 17.9 Å². The van der Waals surface area contributed by atoms with Crippen LogP contribution in [0, 0.1) is 0 Å². The molecule has 66 valence electrons. The zero-order valence-electron chi connectivity index (χ0n) is 6.45. The molecule has 0 radical (unpaired) electrons. The van der Waals surface area contributed by atoms with Crippen LogP contribution in [0.3, 0.4) is 0 Å². The number of nitrogens with zero attached hydrogens (tertiary/aromatic N) is 1. The van der Waals surface area contributed by atoms with Crippen molar-refractivity contribution in [3.8, 4) is 11.6 Å². The van der Waals surface area contributed by atoms with E-state index in [0.29, 0.717) is 17.9 Å². The van der Waals surface area contributed by atoms with E-state index in [1.165, 1.54) is 6.26 Å². The highest BCUT2D eigenvalue weighted by molar-refractivity contribution is 6.31. The van der Waals surface area contributed by atoms with Crippen LogP contribution < -0.4 is 0 Å². The lowest BCUT2D eigenvalue weighted by atomic mass is 10.4. The maximum Gasteiger partial charge on any atom is 0.175 e. The largest absolute Gasteiger partial charge is 0.461 e. The van der Waals surface area contributed by atoms with Gasteiger partial charge in [0.2, 0.25) is 0 Å². The number of furan rings is 1. The number of nitrogens with one attached hydrogen (secondary N) is 1. The van der Waals surface area contributed by atoms with E-state index in [9.17, 15) is 4.79 Å². The average Bonchev–Trinajstić information content (AvgIpc) is 2.71. The Balaban J connectivity index is 2.48. The van der Waals surface area contributed by atoms with E-state index in [1.807, 2.05) is 0 Å². The van der Waals surface area contributed by atoms with Crippen molar-refractivity contribution in [3.63, 3.8) is 0 Å². The minimum absolute atomic E-state index is 0.188. The fourth-order valence-corrected chi connectivity index (χ4v) is 1.15. The summed E-state index contributed by atoms with van der Waals surface area (Å²) in [7, 11) is 0. The molecule has 4 nitrogen and oxygen atoms in total. The van der Waals surface area contributed by atoms with Crippen LogP contribution in [0.5, 0.6) is 0 Å². The fourth-order valence-electron chi connectivity index (χ4n) is 0.974. The number of carbonyl (C=O) groups excluding carboxylic acids is 1. The molecule has 0 saturated heterocycles. The van der Waals surface area contributed by atoms with Crippen LogP contribution in [-0.4, -0.2) is 16.3 Å². The molecule has 0 unspecified atom stereocenters. The summed E-state index contributed by atoms with van der Waals surface area (Å²) in [6.07, 6.45) is 2.11. The minimum atomic E-state index is 0.188. The number of halogens is 1. The maximum atomic E-state index is 10.4. The number of aromatic amines is 1. The lowest BCUT2D eigenvalue weighted by molar-refractivity contribution is 0.111. The molecule has 5 heteroatoms. The Hall–Kier alpha value is -1.55. The SMILES string of the molecule is O=Cc1nc(-c2ccco2)[nH]c1Cl. The molecule has 0 aliphatic heterocycles. The van der Waals surface area contributed by atoms with Gasteiger partial charge in [0.25, 0.3) is 0 Å². The third-order valence-corrected chi connectivity index (χ3v) is 1.84. The van der Waals surface area contributed by atoms with Gasteiger partial charge in [-0.2, -0.15) is 0 Å². The molecule has 2 aromatic heterocycles. The number of aromatic nitrogens is 2. The molecule has 0 aliphatic rings. The molecular weight excluding hydrogens is 192 g/mol. The predicted molar refractivity (Wildman–Crippen MR) is 46.7 cm³/mol. The molecule has 0 bridgehead atoms. The van der Waals surface area contributed by atoms with Gasteiger partial charge in [-0.25, -0.2) is 4.98 Å². The second-order valence-corrected chi connectivity index (χ2v) is 2.76. The molecule has 13 heavy (non-hydrogen) atoms. The second kappa shape index (κ2) is 3.06. The van der Waals surface area contributed by atoms with Crippen molar-refractivity contribution in [2.24, 2.45) is 0 Å². The van der Waals surface area contributed by atoms with E-state index in [0.717, 1.165) is 0 Å². The molecule has 0 atom stereocenters. The Morgan fingerprint density at radius 1 is 1.62 bits per heavy atom. The first kappa shape index (κ1) is 8.07. The van der Waals surface area contributed by atoms with Crippen molar-refractivity contribution in [2.75, 3.05) is 0 Å². The van der Waals surface area contributed by atoms with Crippen molar-refractivity contribution in [1.82, 2.24) is 9.97 Å². The molecule has 0 spiro atoms. The first-order chi connectivity index (χ1) is 6.31. The highest BCUT2D eigenvalue weighted by Gasteiger charge is 2.10. The van der Waals surface area contributed by atoms with E-state index < -0.39 is 0 Å². The summed E-state index contributed by atoms with van der Waals surface area (Å²) in [6.45, 7) is 0. The molecule has 0 saturated carbocycles. The summed E-state index contributed by atoms with van der Waals surface area (Å²) in [5.41, 5.74) is 0.188. The molecule has 1 N–H and O–H groups in total.